The summed E-state index contributed by atoms with van der Waals surface area (Å²) in [4.78, 5) is 5.08. The van der Waals surface area contributed by atoms with Crippen LogP contribution in [0.2, 0.25) is 0 Å². The third-order valence-corrected chi connectivity index (χ3v) is 4.71. The van der Waals surface area contributed by atoms with Crippen LogP contribution in [0.15, 0.2) is 43.0 Å². The monoisotopic (exact) mass is 349 g/mol. The molecule has 1 atom stereocenters. The fourth-order valence-electron chi connectivity index (χ4n) is 3.35. The van der Waals surface area contributed by atoms with Gasteiger partial charge in [0.05, 0.1) is 7.05 Å². The predicted octanol–water partition coefficient (Wildman–Crippen LogP) is -1.50. The molecule has 1 aromatic carbocycles. The van der Waals surface area contributed by atoms with E-state index in [1.165, 1.54) is 18.7 Å². The van der Waals surface area contributed by atoms with Crippen LogP contribution >= 0.6 is 0 Å². The quantitative estimate of drug-likeness (QED) is 0.539. The van der Waals surface area contributed by atoms with E-state index in [0.29, 0.717) is 6.04 Å². The lowest BCUT2D eigenvalue weighted by molar-refractivity contribution is -0.671. The van der Waals surface area contributed by atoms with E-state index in [0.717, 1.165) is 31.9 Å². The van der Waals surface area contributed by atoms with Gasteiger partial charge in [0.2, 0.25) is 6.33 Å². The highest BCUT2D eigenvalue weighted by Crippen LogP contribution is 2.19. The number of nitrogens with two attached hydrogens (primary N) is 1. The second-order valence-corrected chi connectivity index (χ2v) is 6.59. The second kappa shape index (κ2) is 8.40. The minimum absolute atomic E-state index is 0. The van der Waals surface area contributed by atoms with Gasteiger partial charge in [0.15, 0.2) is 0 Å². The average Bonchev–Trinajstić information content (AvgIpc) is 2.80. The number of aryl methyl sites for hydroxylation is 1. The van der Waals surface area contributed by atoms with Crippen molar-refractivity contribution in [2.75, 3.05) is 36.8 Å². The van der Waals surface area contributed by atoms with Crippen molar-refractivity contribution < 1.29 is 17.0 Å². The molecule has 2 N–H and O–H groups in total. The summed E-state index contributed by atoms with van der Waals surface area (Å²) in [7, 11) is 2.07. The molecule has 3 rings (SSSR count). The van der Waals surface area contributed by atoms with Crippen LogP contribution in [0, 0.1) is 0 Å². The van der Waals surface area contributed by atoms with E-state index in [9.17, 15) is 0 Å². The van der Waals surface area contributed by atoms with Crippen LogP contribution in [0.1, 0.15) is 13.3 Å². The summed E-state index contributed by atoms with van der Waals surface area (Å²) in [5.74, 6) is 0. The van der Waals surface area contributed by atoms with Crippen LogP contribution in [-0.2, 0) is 13.6 Å². The fourth-order valence-corrected chi connectivity index (χ4v) is 3.35. The largest absolute Gasteiger partial charge is 1.00 e. The zero-order valence-corrected chi connectivity index (χ0v) is 15.4. The highest BCUT2D eigenvalue weighted by molar-refractivity contribution is 5.53. The zero-order valence-electron chi connectivity index (χ0n) is 14.6. The number of hydrogen-bond donors (Lipinski definition) is 1. The maximum absolute atomic E-state index is 5.79. The molecular formula is C18H28ClN5. The Kier molecular flexibility index (Phi) is 6.52. The first-order valence-corrected chi connectivity index (χ1v) is 8.47. The average molecular weight is 350 g/mol. The van der Waals surface area contributed by atoms with Crippen LogP contribution < -0.4 is 27.6 Å². The van der Waals surface area contributed by atoms with Gasteiger partial charge in [-0.05, 0) is 37.6 Å². The minimum atomic E-state index is 0. The van der Waals surface area contributed by atoms with Crippen molar-refractivity contribution in [3.05, 3.63) is 43.0 Å². The molecule has 2 heterocycles. The lowest BCUT2D eigenvalue weighted by Crippen LogP contribution is -3.00. The van der Waals surface area contributed by atoms with Gasteiger partial charge in [0.25, 0.3) is 0 Å². The van der Waals surface area contributed by atoms with E-state index < -0.39 is 0 Å². The van der Waals surface area contributed by atoms with Gasteiger partial charge in [-0.25, -0.2) is 9.13 Å². The maximum Gasteiger partial charge on any atom is 0.243 e. The number of rotatable bonds is 4. The molecule has 1 unspecified atom stereocenters. The Labute approximate surface area is 151 Å². The molecule has 1 saturated heterocycles. The molecule has 0 radical (unpaired) electrons. The number of hydrogen-bond acceptors (Lipinski definition) is 3. The van der Waals surface area contributed by atoms with Crippen molar-refractivity contribution in [1.29, 1.82) is 0 Å². The molecule has 1 aromatic heterocycles. The number of nitrogens with zero attached hydrogens (tertiary/aromatic N) is 4. The summed E-state index contributed by atoms with van der Waals surface area (Å²) in [6, 6.07) is 8.80. The Balaban J connectivity index is 0.00000208. The number of benzene rings is 1. The van der Waals surface area contributed by atoms with Gasteiger partial charge in [-0.15, -0.1) is 0 Å². The summed E-state index contributed by atoms with van der Waals surface area (Å²) in [5, 5.41) is 0. The van der Waals surface area contributed by atoms with Crippen LogP contribution in [0.4, 0.5) is 11.4 Å². The standard InChI is InChI=1S/C18H28N5.ClH/c1-16(14-21-11-10-20(2)15-21)22-8-3-9-23(13-12-22)18-6-4-17(19)5-7-18;/h4-7,10-11,15-16H,3,8-9,12-14,19H2,1-2H3;1H/q+1;/p-1. The molecule has 0 amide bonds. The van der Waals surface area contributed by atoms with E-state index in [4.69, 9.17) is 5.73 Å². The highest BCUT2D eigenvalue weighted by Gasteiger charge is 2.21. The van der Waals surface area contributed by atoms with Gasteiger partial charge >= 0.3 is 0 Å². The van der Waals surface area contributed by atoms with Crippen LogP contribution in [0.5, 0.6) is 0 Å². The van der Waals surface area contributed by atoms with Gasteiger partial charge in [-0.3, -0.25) is 4.90 Å². The Morgan fingerprint density at radius 2 is 1.88 bits per heavy atom. The lowest BCUT2D eigenvalue weighted by atomic mass is 10.2. The third kappa shape index (κ3) is 4.65. The second-order valence-electron chi connectivity index (χ2n) is 6.59. The number of anilines is 2. The third-order valence-electron chi connectivity index (χ3n) is 4.71. The lowest BCUT2D eigenvalue weighted by Gasteiger charge is -2.27. The zero-order chi connectivity index (χ0) is 16.2. The van der Waals surface area contributed by atoms with Gasteiger partial charge in [-0.2, -0.15) is 0 Å². The van der Waals surface area contributed by atoms with Crippen LogP contribution in [0.3, 0.4) is 0 Å². The SMILES string of the molecule is CC(Cn1cc[n+](C)c1)N1CCCN(c2ccc(N)cc2)CC1.[Cl-]. The minimum Gasteiger partial charge on any atom is -1.00 e. The van der Waals surface area contributed by atoms with E-state index in [1.807, 2.05) is 12.1 Å². The van der Waals surface area contributed by atoms with Crippen molar-refractivity contribution in [3.63, 3.8) is 0 Å². The molecule has 132 valence electrons. The molecule has 1 aliphatic heterocycles. The summed E-state index contributed by atoms with van der Waals surface area (Å²) in [5.41, 5.74) is 7.91. The predicted molar refractivity (Wildman–Crippen MR) is 94.3 cm³/mol. The molecule has 0 aliphatic carbocycles. The van der Waals surface area contributed by atoms with Crippen molar-refractivity contribution in [2.45, 2.75) is 25.9 Å². The normalized spacial score (nSPS) is 17.2. The highest BCUT2D eigenvalue weighted by atomic mass is 35.5. The molecule has 5 nitrogen and oxygen atoms in total. The fraction of sp³-hybridized carbons (Fsp3) is 0.500. The first-order valence-electron chi connectivity index (χ1n) is 8.47. The Morgan fingerprint density at radius 1 is 1.12 bits per heavy atom. The Morgan fingerprint density at radius 3 is 2.54 bits per heavy atom. The van der Waals surface area contributed by atoms with Gasteiger partial charge in [-0.1, -0.05) is 0 Å². The van der Waals surface area contributed by atoms with Crippen molar-refractivity contribution in [3.8, 4) is 0 Å². The number of halogens is 1. The van der Waals surface area contributed by atoms with E-state index in [-0.39, 0.29) is 12.4 Å². The molecule has 2 aromatic rings. The Hall–Kier alpha value is -1.72. The number of imidazole rings is 1. The van der Waals surface area contributed by atoms with Gasteiger partial charge in [0.1, 0.15) is 18.9 Å². The van der Waals surface area contributed by atoms with E-state index in [2.05, 4.69) is 63.8 Å². The first kappa shape index (κ1) is 18.6. The van der Waals surface area contributed by atoms with Crippen LogP contribution in [-0.4, -0.2) is 41.7 Å². The molecule has 24 heavy (non-hydrogen) atoms. The molecular weight excluding hydrogens is 322 g/mol. The summed E-state index contributed by atoms with van der Waals surface area (Å²) in [6.45, 7) is 7.85. The van der Waals surface area contributed by atoms with Crippen LogP contribution in [0.25, 0.3) is 0 Å². The number of nitrogen functional groups attached to an aromatic ring is 1. The molecule has 1 fully saturated rings. The topological polar surface area (TPSA) is 41.3 Å². The number of aromatic nitrogens is 2. The molecule has 0 saturated carbocycles. The summed E-state index contributed by atoms with van der Waals surface area (Å²) < 4.78 is 4.37. The Bertz CT molecular complexity index is 625. The summed E-state index contributed by atoms with van der Waals surface area (Å²) in [6.07, 6.45) is 7.59. The summed E-state index contributed by atoms with van der Waals surface area (Å²) >= 11 is 0. The van der Waals surface area contributed by atoms with Crippen molar-refractivity contribution >= 4 is 11.4 Å². The van der Waals surface area contributed by atoms with Crippen molar-refractivity contribution in [1.82, 2.24) is 9.47 Å². The van der Waals surface area contributed by atoms with E-state index >= 15 is 0 Å². The molecule has 0 bridgehead atoms. The molecule has 1 aliphatic rings. The van der Waals surface area contributed by atoms with Gasteiger partial charge < -0.3 is 23.0 Å². The molecule has 0 spiro atoms. The van der Waals surface area contributed by atoms with Crippen molar-refractivity contribution in [2.24, 2.45) is 7.05 Å². The molecule has 6 heteroatoms. The maximum atomic E-state index is 5.79. The van der Waals surface area contributed by atoms with Gasteiger partial charge in [0, 0.05) is 43.6 Å². The first-order chi connectivity index (χ1) is 11.1. The van der Waals surface area contributed by atoms with E-state index in [1.54, 1.807) is 0 Å². The smallest absolute Gasteiger partial charge is 0.243 e.